The minimum absolute atomic E-state index is 0.0317. The van der Waals surface area contributed by atoms with Crippen LogP contribution in [-0.2, 0) is 33.4 Å². The Bertz CT molecular complexity index is 2120. The molecule has 10 atom stereocenters. The molecule has 3 N–H and O–H groups in total. The Morgan fingerprint density at radius 2 is 1.35 bits per heavy atom. The van der Waals surface area contributed by atoms with Crippen LogP contribution in [0.2, 0.25) is 0 Å². The van der Waals surface area contributed by atoms with E-state index < -0.39 is 60.4 Å². The summed E-state index contributed by atoms with van der Waals surface area (Å²) < 4.78 is 18.0. The zero-order valence-corrected chi connectivity index (χ0v) is 42.3. The van der Waals surface area contributed by atoms with E-state index in [0.717, 1.165) is 28.7 Å². The molecule has 0 bridgehead atoms. The molecule has 1 aliphatic carbocycles. The third-order valence-corrected chi connectivity index (χ3v) is 14.4. The number of likely N-dealkylation sites (N-methyl/N-ethyl adjacent to an activating group) is 2. The zero-order chi connectivity index (χ0) is 50.0. The van der Waals surface area contributed by atoms with E-state index in [0.29, 0.717) is 24.9 Å². The fourth-order valence-electron chi connectivity index (χ4n) is 10.4. The summed E-state index contributed by atoms with van der Waals surface area (Å²) in [5, 5.41) is 16.9. The number of aliphatic hydroxyl groups excluding tert-OH is 1. The number of rotatable bonds is 22. The maximum atomic E-state index is 14.7. The Balaban J connectivity index is 1.25. The zero-order valence-electron chi connectivity index (χ0n) is 42.3. The van der Waals surface area contributed by atoms with Gasteiger partial charge in [-0.05, 0) is 65.3 Å². The first-order valence-electron chi connectivity index (χ1n) is 24.4. The van der Waals surface area contributed by atoms with Crippen LogP contribution in [0.3, 0.4) is 0 Å². The maximum Gasteiger partial charge on any atom is 0.410 e. The van der Waals surface area contributed by atoms with E-state index in [1.807, 2.05) is 96.1 Å². The molecule has 372 valence electrons. The SMILES string of the molecule is CCC(C)C(C(CC(=O)N1CCCC1C(OC)C(C)C(=O)NC(C)C(O)c1ccccc1)OC)N(C)C(=O)C(NC(=O)C(C(C)C)N(C)C(=O)OCC1c2ccccc2-c2ccccc21)C(C)C. The molecule has 1 aliphatic heterocycles. The summed E-state index contributed by atoms with van der Waals surface area (Å²) >= 11 is 0. The molecule has 5 rings (SSSR count). The molecule has 3 aromatic rings. The van der Waals surface area contributed by atoms with Crippen LogP contribution in [0.5, 0.6) is 0 Å². The number of benzene rings is 3. The molecule has 2 aliphatic rings. The standard InChI is InChI=1S/C54H77N5O9/c1-13-34(6)48(44(66-11)30-45(60)59-29-21-28-43(59)50(67-12)35(7)51(62)55-36(8)49(61)37-22-15-14-16-23-37)57(9)53(64)46(32(2)3)56-52(63)47(33(4)5)58(10)54(65)68-31-42-40-26-19-17-24-38(40)39-25-18-20-27-41(39)42/h14-20,22-27,32-36,42-44,46-50,61H,13,21,28-31H2,1-12H3,(H,55,62)(H,56,63). The van der Waals surface area contributed by atoms with Crippen LogP contribution in [-0.4, -0.2) is 133 Å². The molecule has 1 heterocycles. The third kappa shape index (κ3) is 12.1. The van der Waals surface area contributed by atoms with Gasteiger partial charge in [-0.1, -0.05) is 134 Å². The van der Waals surface area contributed by atoms with Gasteiger partial charge in [0, 0.05) is 40.8 Å². The number of methoxy groups -OCH3 is 2. The minimum atomic E-state index is -0.959. The number of nitrogens with zero attached hydrogens (tertiary/aromatic N) is 3. The molecule has 1 saturated heterocycles. The fourth-order valence-corrected chi connectivity index (χ4v) is 10.4. The molecular weight excluding hydrogens is 863 g/mol. The van der Waals surface area contributed by atoms with Crippen molar-refractivity contribution >= 4 is 29.7 Å². The van der Waals surface area contributed by atoms with Crippen molar-refractivity contribution in [2.24, 2.45) is 23.7 Å². The predicted molar refractivity (Wildman–Crippen MR) is 263 cm³/mol. The van der Waals surface area contributed by atoms with E-state index in [2.05, 4.69) is 34.9 Å². The molecule has 0 aromatic heterocycles. The molecule has 3 aromatic carbocycles. The van der Waals surface area contributed by atoms with Gasteiger partial charge in [0.25, 0.3) is 0 Å². The number of nitrogens with one attached hydrogen (secondary N) is 2. The van der Waals surface area contributed by atoms with Crippen LogP contribution >= 0.6 is 0 Å². The number of aliphatic hydroxyl groups is 1. The number of carbonyl (C=O) groups is 5. The van der Waals surface area contributed by atoms with Gasteiger partial charge in [-0.25, -0.2) is 4.79 Å². The van der Waals surface area contributed by atoms with Crippen molar-refractivity contribution in [3.05, 3.63) is 95.6 Å². The second kappa shape index (κ2) is 24.3. The molecule has 0 saturated carbocycles. The highest BCUT2D eigenvalue weighted by Gasteiger charge is 2.44. The third-order valence-electron chi connectivity index (χ3n) is 14.4. The van der Waals surface area contributed by atoms with Crippen molar-refractivity contribution in [3.8, 4) is 11.1 Å². The molecular formula is C54H77N5O9. The summed E-state index contributed by atoms with van der Waals surface area (Å²) in [5.41, 5.74) is 5.09. The van der Waals surface area contributed by atoms with Gasteiger partial charge in [-0.3, -0.25) is 24.1 Å². The number of likely N-dealkylation sites (tertiary alicyclic amines) is 1. The normalized spacial score (nSPS) is 18.6. The summed E-state index contributed by atoms with van der Waals surface area (Å²) in [4.78, 5) is 75.4. The molecule has 14 nitrogen and oxygen atoms in total. The largest absolute Gasteiger partial charge is 0.448 e. The van der Waals surface area contributed by atoms with E-state index in [4.69, 9.17) is 14.2 Å². The Morgan fingerprint density at radius 1 is 0.765 bits per heavy atom. The lowest BCUT2D eigenvalue weighted by atomic mass is 9.89. The summed E-state index contributed by atoms with van der Waals surface area (Å²) in [6.07, 6.45) is -0.862. The van der Waals surface area contributed by atoms with Crippen LogP contribution in [0.1, 0.15) is 110 Å². The molecule has 0 spiro atoms. The van der Waals surface area contributed by atoms with E-state index in [-0.39, 0.29) is 60.5 Å². The van der Waals surface area contributed by atoms with Crippen molar-refractivity contribution < 1.29 is 43.3 Å². The van der Waals surface area contributed by atoms with Crippen LogP contribution < -0.4 is 10.6 Å². The highest BCUT2D eigenvalue weighted by molar-refractivity contribution is 5.92. The monoisotopic (exact) mass is 940 g/mol. The van der Waals surface area contributed by atoms with Crippen molar-refractivity contribution in [1.82, 2.24) is 25.3 Å². The quantitative estimate of drug-likeness (QED) is 0.0945. The number of fused-ring (bicyclic) bond motifs is 3. The average Bonchev–Trinajstić information content (AvgIpc) is 3.95. The van der Waals surface area contributed by atoms with Gasteiger partial charge in [0.15, 0.2) is 0 Å². The summed E-state index contributed by atoms with van der Waals surface area (Å²) in [6, 6.07) is 21.9. The number of hydrogen-bond acceptors (Lipinski definition) is 9. The van der Waals surface area contributed by atoms with E-state index in [1.165, 1.54) is 12.0 Å². The van der Waals surface area contributed by atoms with Crippen LogP contribution in [0, 0.1) is 23.7 Å². The Kier molecular flexibility index (Phi) is 19.2. The number of amides is 5. The van der Waals surface area contributed by atoms with Gasteiger partial charge in [0.2, 0.25) is 23.6 Å². The van der Waals surface area contributed by atoms with E-state index in [1.54, 1.807) is 44.9 Å². The van der Waals surface area contributed by atoms with Gasteiger partial charge >= 0.3 is 6.09 Å². The van der Waals surface area contributed by atoms with Crippen LogP contribution in [0.4, 0.5) is 4.79 Å². The maximum absolute atomic E-state index is 14.7. The summed E-state index contributed by atoms with van der Waals surface area (Å²) in [7, 11) is 6.32. The molecule has 0 radical (unpaired) electrons. The Morgan fingerprint density at radius 3 is 1.90 bits per heavy atom. The highest BCUT2D eigenvalue weighted by atomic mass is 16.6. The summed E-state index contributed by atoms with van der Waals surface area (Å²) in [5.74, 6) is -2.84. The molecule has 68 heavy (non-hydrogen) atoms. The highest BCUT2D eigenvalue weighted by Crippen LogP contribution is 2.44. The van der Waals surface area contributed by atoms with Gasteiger partial charge in [-0.15, -0.1) is 0 Å². The smallest absolute Gasteiger partial charge is 0.410 e. The lowest BCUT2D eigenvalue weighted by molar-refractivity contribution is -0.148. The van der Waals surface area contributed by atoms with Crippen molar-refractivity contribution in [2.75, 3.05) is 41.5 Å². The topological polar surface area (TPSA) is 167 Å². The van der Waals surface area contributed by atoms with Gasteiger partial charge in [0.05, 0.1) is 48.8 Å². The second-order valence-electron chi connectivity index (χ2n) is 19.6. The van der Waals surface area contributed by atoms with Crippen molar-refractivity contribution in [3.63, 3.8) is 0 Å². The minimum Gasteiger partial charge on any atom is -0.448 e. The first kappa shape index (κ1) is 53.6. The first-order valence-corrected chi connectivity index (χ1v) is 24.4. The van der Waals surface area contributed by atoms with Crippen molar-refractivity contribution in [1.29, 1.82) is 0 Å². The Hall–Kier alpha value is -5.31. The van der Waals surface area contributed by atoms with E-state index in [9.17, 15) is 29.1 Å². The fraction of sp³-hybridized carbons (Fsp3) is 0.574. The van der Waals surface area contributed by atoms with Crippen molar-refractivity contribution in [2.45, 2.75) is 136 Å². The van der Waals surface area contributed by atoms with Crippen LogP contribution in [0.15, 0.2) is 78.9 Å². The lowest BCUT2D eigenvalue weighted by Gasteiger charge is -2.41. The lowest BCUT2D eigenvalue weighted by Crippen LogP contribution is -2.60. The first-order chi connectivity index (χ1) is 32.4. The molecule has 1 fully saturated rings. The van der Waals surface area contributed by atoms with Gasteiger partial charge in [0.1, 0.15) is 18.7 Å². The van der Waals surface area contributed by atoms with E-state index >= 15 is 0 Å². The average molecular weight is 940 g/mol. The number of carbonyl (C=O) groups excluding carboxylic acids is 5. The predicted octanol–water partition coefficient (Wildman–Crippen LogP) is 7.19. The second-order valence-corrected chi connectivity index (χ2v) is 19.6. The number of hydrogen-bond donors (Lipinski definition) is 3. The molecule has 10 unspecified atom stereocenters. The number of ether oxygens (including phenoxy) is 3. The summed E-state index contributed by atoms with van der Waals surface area (Å²) in [6.45, 7) is 15.6. The Labute approximate surface area is 404 Å². The molecule has 14 heteroatoms. The van der Waals surface area contributed by atoms with Gasteiger partial charge in [-0.2, -0.15) is 0 Å². The van der Waals surface area contributed by atoms with Crippen LogP contribution in [0.25, 0.3) is 11.1 Å². The van der Waals surface area contributed by atoms with Gasteiger partial charge < -0.3 is 39.8 Å². The molecule has 5 amide bonds.